The van der Waals surface area contributed by atoms with E-state index < -0.39 is 0 Å². The van der Waals surface area contributed by atoms with Crippen LogP contribution in [0, 0.1) is 42.5 Å². The van der Waals surface area contributed by atoms with E-state index in [1.807, 2.05) is 280 Å². The number of nitrogens with zero attached hydrogens (tertiary/aromatic N) is 7. The molecular formula is C127H100Ir4N7O6S-4. The molecule has 22 aromatic rings. The summed E-state index contributed by atoms with van der Waals surface area (Å²) in [5.74, 6) is -0.187. The van der Waals surface area contributed by atoms with E-state index in [2.05, 4.69) is 237 Å². The first-order valence-electron chi connectivity index (χ1n) is 45.7. The van der Waals surface area contributed by atoms with Gasteiger partial charge in [-0.05, 0) is 203 Å². The van der Waals surface area contributed by atoms with Crippen LogP contribution in [0.4, 0.5) is 0 Å². The first-order valence-corrected chi connectivity index (χ1v) is 46.5. The molecule has 1 aliphatic carbocycles. The maximum Gasteiger partial charge on any atom is 3.00 e. The number of ketones is 3. The van der Waals surface area contributed by atoms with Crippen molar-refractivity contribution in [2.45, 2.75) is 60.8 Å². The van der Waals surface area contributed by atoms with Crippen LogP contribution in [0.1, 0.15) is 66.5 Å². The van der Waals surface area contributed by atoms with E-state index in [1.165, 1.54) is 157 Å². The number of hydrogen-bond acceptors (Lipinski definition) is 14. The first-order chi connectivity index (χ1) is 68.7. The zero-order valence-electron chi connectivity index (χ0n) is 80.6. The number of benzene rings is 14. The fraction of sp³-hybridized carbons (Fsp3) is 0.0709. The number of thiophene rings is 1. The van der Waals surface area contributed by atoms with Crippen LogP contribution in [-0.2, 0) is 100 Å². The van der Waals surface area contributed by atoms with Gasteiger partial charge in [0.05, 0.1) is 17.3 Å². The minimum Gasteiger partial charge on any atom is -0.512 e. The van der Waals surface area contributed by atoms with Gasteiger partial charge in [0.2, 0.25) is 0 Å². The number of aliphatic hydroxyl groups excluding tert-OH is 3. The summed E-state index contributed by atoms with van der Waals surface area (Å²) in [6.07, 6.45) is 16.4. The SMILES string of the molecule is CC(=O)C=C(C)O.CC(=O)C=C(C)O.CC(=O)C=C(C)O.CC1(C)c2ccccc2-c2c[c-]c(-c3nccc4ccccc34)cc21.[Ir+3].[Ir].[Ir].[Ir].[c-]1c(-c2ccccn2)sc2ccccc12.[c-]1ccccc1-c1nccc2ccccc12.[c-]1ccccc1-c1nccc2ccccc12.[c-]1ccccc1-c1nccc2ccccc12.[c-]1ccccc1-c1nccc2ccccc12.[c-]1ccccc1-c1nccc2ccccc12. The number of allylic oxidation sites excluding steroid dienone is 6. The van der Waals surface area contributed by atoms with E-state index in [-0.39, 0.29) is 120 Å². The Morgan fingerprint density at radius 2 is 0.559 bits per heavy atom. The van der Waals surface area contributed by atoms with Crippen LogP contribution in [0.2, 0.25) is 0 Å². The first kappa shape index (κ1) is 112. The van der Waals surface area contributed by atoms with E-state index >= 15 is 0 Å². The number of fused-ring (bicyclic) bond motifs is 10. The zero-order valence-corrected chi connectivity index (χ0v) is 91.0. The molecule has 0 spiro atoms. The van der Waals surface area contributed by atoms with Crippen molar-refractivity contribution in [2.75, 3.05) is 0 Å². The molecule has 8 aromatic heterocycles. The Balaban J connectivity index is 0.000000168. The van der Waals surface area contributed by atoms with E-state index in [0.717, 1.165) is 78.1 Å². The fourth-order valence-electron chi connectivity index (χ4n) is 15.9. The Labute approximate surface area is 905 Å². The molecule has 1 aliphatic rings. The second kappa shape index (κ2) is 56.7. The quantitative estimate of drug-likeness (QED) is 0.0664. The third kappa shape index (κ3) is 31.2. The van der Waals surface area contributed by atoms with Crippen molar-refractivity contribution >= 4 is 103 Å². The van der Waals surface area contributed by atoms with Crippen molar-refractivity contribution in [3.63, 3.8) is 0 Å². The van der Waals surface area contributed by atoms with Crippen LogP contribution < -0.4 is 0 Å². The van der Waals surface area contributed by atoms with E-state index in [1.54, 1.807) is 11.3 Å². The summed E-state index contributed by atoms with van der Waals surface area (Å²) in [6, 6.07) is 152. The average molecular weight is 2620 g/mol. The molecule has 0 amide bonds. The number of pyridine rings is 7. The van der Waals surface area contributed by atoms with Crippen LogP contribution in [0.5, 0.6) is 0 Å². The largest absolute Gasteiger partial charge is 3.00 e. The van der Waals surface area contributed by atoms with Crippen molar-refractivity contribution in [2.24, 2.45) is 0 Å². The fourth-order valence-corrected chi connectivity index (χ4v) is 16.9. The summed E-state index contributed by atoms with van der Waals surface area (Å²) in [7, 11) is 0. The second-order valence-corrected chi connectivity index (χ2v) is 34.0. The Kier molecular flexibility index (Phi) is 43.7. The summed E-state index contributed by atoms with van der Waals surface area (Å²) in [4.78, 5) is 62.4. The van der Waals surface area contributed by atoms with Gasteiger partial charge >= 0.3 is 20.1 Å². The molecule has 18 heteroatoms. The molecule has 3 radical (unpaired) electrons. The molecule has 0 atom stereocenters. The van der Waals surface area contributed by atoms with Gasteiger partial charge in [-0.15, -0.1) is 232 Å². The van der Waals surface area contributed by atoms with Gasteiger partial charge in [-0.3, -0.25) is 14.4 Å². The molecule has 725 valence electrons. The minimum atomic E-state index is -0.125. The molecule has 0 bridgehead atoms. The number of aromatic nitrogens is 7. The third-order valence-electron chi connectivity index (χ3n) is 22.1. The average Bonchev–Trinajstić information content (AvgIpc) is 1.58. The van der Waals surface area contributed by atoms with E-state index in [0.29, 0.717) is 0 Å². The number of hydrogen-bond donors (Lipinski definition) is 3. The van der Waals surface area contributed by atoms with Crippen LogP contribution in [0.25, 0.3) is 164 Å². The predicted molar refractivity (Wildman–Crippen MR) is 579 cm³/mol. The molecule has 0 fully saturated rings. The van der Waals surface area contributed by atoms with Crippen LogP contribution in [0.3, 0.4) is 0 Å². The van der Waals surface area contributed by atoms with Crippen molar-refractivity contribution in [3.05, 3.63) is 515 Å². The molecule has 0 unspecified atom stereocenters. The van der Waals surface area contributed by atoms with Crippen molar-refractivity contribution in [1.29, 1.82) is 0 Å². The molecule has 13 nitrogen and oxygen atoms in total. The summed E-state index contributed by atoms with van der Waals surface area (Å²) in [5.41, 5.74) is 18.6. The molecule has 145 heavy (non-hydrogen) atoms. The Morgan fingerprint density at radius 1 is 0.283 bits per heavy atom. The minimum absolute atomic E-state index is 0. The van der Waals surface area contributed by atoms with E-state index in [9.17, 15) is 14.4 Å². The number of aliphatic hydroxyl groups is 3. The summed E-state index contributed by atoms with van der Waals surface area (Å²) in [5, 5.41) is 40.6. The van der Waals surface area contributed by atoms with Gasteiger partial charge in [-0.25, -0.2) is 11.3 Å². The topological polar surface area (TPSA) is 202 Å². The molecule has 0 aliphatic heterocycles. The van der Waals surface area contributed by atoms with Crippen molar-refractivity contribution in [1.82, 2.24) is 34.9 Å². The van der Waals surface area contributed by atoms with E-state index in [4.69, 9.17) is 15.3 Å². The predicted octanol–water partition coefficient (Wildman–Crippen LogP) is 31.4. The van der Waals surface area contributed by atoms with Crippen molar-refractivity contribution < 1.29 is 110 Å². The van der Waals surface area contributed by atoms with Gasteiger partial charge in [-0.1, -0.05) is 219 Å². The molecule has 3 N–H and O–H groups in total. The summed E-state index contributed by atoms with van der Waals surface area (Å²) < 4.78 is 1.26. The third-order valence-corrected chi connectivity index (χ3v) is 23.2. The van der Waals surface area contributed by atoms with Gasteiger partial charge in [0.1, 0.15) is 0 Å². The Bertz CT molecular complexity index is 7280. The molecule has 23 rings (SSSR count). The molecular weight excluding hydrogens is 2520 g/mol. The van der Waals surface area contributed by atoms with Crippen LogP contribution in [0.15, 0.2) is 461 Å². The van der Waals surface area contributed by atoms with Crippen LogP contribution >= 0.6 is 11.3 Å². The summed E-state index contributed by atoms with van der Waals surface area (Å²) in [6.45, 7) is 13.2. The van der Waals surface area contributed by atoms with Gasteiger partial charge in [0.15, 0.2) is 17.3 Å². The number of carbonyl (C=O) groups excluding carboxylic acids is 3. The monoisotopic (exact) mass is 2620 g/mol. The molecule has 0 saturated heterocycles. The zero-order chi connectivity index (χ0) is 98.7. The number of rotatable bonds is 10. The van der Waals surface area contributed by atoms with Crippen molar-refractivity contribution in [3.8, 4) is 89.2 Å². The maximum absolute atomic E-state index is 10.0. The standard InChI is InChI=1S/C24H18N.5C15H10N.C13H8NS.3C5H8O2.4Ir/c1-24(2)21-10-6-5-9-19(21)20-12-11-17(15-22(20)24)23-18-8-4-3-7-16(18)13-14-25-23;5*1-2-7-13(8-3-1)15-14-9-5-4-6-12(14)10-11-16-15;1-2-7-12-10(5-1)9-13(15-12)11-6-3-4-8-14-11;3*1-4(6)3-5(2)7;;;;/h3-10,12-15H,1-2H3;5*1-7,9-11H;1-8H;3*3,6H,1-2H3;;;;/q7*-1;;;;;;;+3. The molecule has 0 saturated carbocycles. The Morgan fingerprint density at radius 3 is 0.834 bits per heavy atom. The van der Waals surface area contributed by atoms with Gasteiger partial charge in [0, 0.05) is 128 Å². The van der Waals surface area contributed by atoms with Gasteiger partial charge < -0.3 is 50.2 Å². The second-order valence-electron chi connectivity index (χ2n) is 33.0. The smallest absolute Gasteiger partial charge is 0.512 e. The number of carbonyl (C=O) groups is 3. The maximum atomic E-state index is 10.0. The normalized spacial score (nSPS) is 11.0. The summed E-state index contributed by atoms with van der Waals surface area (Å²) >= 11 is 1.73. The van der Waals surface area contributed by atoms with Crippen LogP contribution in [-0.4, -0.2) is 67.6 Å². The Hall–Kier alpha value is -15.1. The van der Waals surface area contributed by atoms with Gasteiger partial charge in [-0.2, -0.15) is 0 Å². The van der Waals surface area contributed by atoms with Gasteiger partial charge in [0.25, 0.3) is 0 Å². The molecule has 8 heterocycles. The molecule has 14 aromatic carbocycles.